The number of aryl methyl sites for hydroxylation is 2. The summed E-state index contributed by atoms with van der Waals surface area (Å²) in [6, 6.07) is 12.3. The molecule has 0 unspecified atom stereocenters. The topological polar surface area (TPSA) is 88.9 Å². The van der Waals surface area contributed by atoms with Crippen LogP contribution >= 0.6 is 0 Å². The van der Waals surface area contributed by atoms with Crippen LogP contribution in [-0.2, 0) is 24.4 Å². The third kappa shape index (κ3) is 5.68. The molecule has 1 atom stereocenters. The number of methoxy groups -OCH3 is 1. The Labute approximate surface area is 210 Å². The molecule has 0 aliphatic heterocycles. The third-order valence-electron chi connectivity index (χ3n) is 6.56. The number of hydrogen-bond donors (Lipinski definition) is 1. The fourth-order valence-corrected chi connectivity index (χ4v) is 4.58. The number of rotatable bonds is 10. The number of fused-ring (bicyclic) bond motifs is 1. The van der Waals surface area contributed by atoms with Crippen LogP contribution in [0.25, 0.3) is 10.9 Å². The Kier molecular flexibility index (Phi) is 7.91. The number of halogens is 1. The number of H-pyrrole nitrogens is 1. The van der Waals surface area contributed by atoms with Gasteiger partial charge in [-0.3, -0.25) is 9.69 Å². The fourth-order valence-electron chi connectivity index (χ4n) is 4.58. The van der Waals surface area contributed by atoms with Gasteiger partial charge in [0.15, 0.2) is 5.82 Å². The minimum atomic E-state index is -0.286. The highest BCUT2D eigenvalue weighted by atomic mass is 19.1. The molecule has 36 heavy (non-hydrogen) atoms. The van der Waals surface area contributed by atoms with Gasteiger partial charge >= 0.3 is 0 Å². The van der Waals surface area contributed by atoms with Crippen LogP contribution in [0.1, 0.15) is 48.0 Å². The molecule has 0 saturated carbocycles. The standard InChI is InChI=1S/C27H33FN6O2/c1-17(2)25(26-30-31-32-34(26)10-11-36-5)33(15-20-6-8-23(28)9-7-20)16-22-14-21-12-18(3)19(4)13-24(21)29-27(22)35/h6-9,12-14,17,25H,10-11,15-16H2,1-5H3,(H,29,35)/t25-/m0/s1. The number of nitrogens with zero attached hydrogens (tertiary/aromatic N) is 5. The predicted molar refractivity (Wildman–Crippen MR) is 137 cm³/mol. The zero-order valence-electron chi connectivity index (χ0n) is 21.5. The van der Waals surface area contributed by atoms with E-state index >= 15 is 0 Å². The summed E-state index contributed by atoms with van der Waals surface area (Å²) >= 11 is 0. The molecule has 0 fully saturated rings. The highest BCUT2D eigenvalue weighted by molar-refractivity contribution is 5.80. The molecule has 8 nitrogen and oxygen atoms in total. The summed E-state index contributed by atoms with van der Waals surface area (Å²) in [7, 11) is 1.64. The lowest BCUT2D eigenvalue weighted by molar-refractivity contribution is 0.121. The molecule has 4 aromatic rings. The zero-order valence-corrected chi connectivity index (χ0v) is 21.5. The van der Waals surface area contributed by atoms with Crippen LogP contribution in [0.4, 0.5) is 4.39 Å². The van der Waals surface area contributed by atoms with E-state index in [4.69, 9.17) is 4.74 Å². The van der Waals surface area contributed by atoms with Crippen LogP contribution < -0.4 is 5.56 Å². The van der Waals surface area contributed by atoms with Gasteiger partial charge in [0.1, 0.15) is 5.82 Å². The minimum absolute atomic E-state index is 0.127. The van der Waals surface area contributed by atoms with Crippen molar-refractivity contribution in [2.75, 3.05) is 13.7 Å². The number of ether oxygens (including phenoxy) is 1. The lowest BCUT2D eigenvalue weighted by Gasteiger charge is -2.33. The average molecular weight is 493 g/mol. The van der Waals surface area contributed by atoms with Crippen LogP contribution in [0, 0.1) is 25.6 Å². The summed E-state index contributed by atoms with van der Waals surface area (Å²) in [6.45, 7) is 10.2. The van der Waals surface area contributed by atoms with Crippen molar-refractivity contribution in [3.05, 3.63) is 86.7 Å². The number of benzene rings is 2. The smallest absolute Gasteiger partial charge is 0.252 e. The molecule has 0 spiro atoms. The van der Waals surface area contributed by atoms with Gasteiger partial charge in [0, 0.05) is 31.3 Å². The maximum absolute atomic E-state index is 13.6. The lowest BCUT2D eigenvalue weighted by atomic mass is 9.99. The van der Waals surface area contributed by atoms with E-state index in [2.05, 4.69) is 52.2 Å². The SMILES string of the molecule is COCCn1nnnc1[C@H](C(C)C)N(Cc1ccc(F)cc1)Cc1cc2cc(C)c(C)cc2[nH]c1=O. The van der Waals surface area contributed by atoms with Crippen LogP contribution in [0.2, 0.25) is 0 Å². The molecule has 0 aliphatic rings. The Balaban J connectivity index is 1.77. The van der Waals surface area contributed by atoms with E-state index < -0.39 is 0 Å². The molecule has 2 aromatic heterocycles. The molecular formula is C27H33FN6O2. The Morgan fingerprint density at radius 3 is 2.50 bits per heavy atom. The van der Waals surface area contributed by atoms with E-state index in [0.717, 1.165) is 22.0 Å². The van der Waals surface area contributed by atoms with E-state index in [1.807, 2.05) is 19.1 Å². The van der Waals surface area contributed by atoms with Crippen molar-refractivity contribution in [2.24, 2.45) is 5.92 Å². The van der Waals surface area contributed by atoms with E-state index in [-0.39, 0.29) is 23.3 Å². The maximum atomic E-state index is 13.6. The van der Waals surface area contributed by atoms with Gasteiger partial charge in [-0.1, -0.05) is 26.0 Å². The average Bonchev–Trinajstić information content (AvgIpc) is 3.28. The molecule has 1 N–H and O–H groups in total. The molecule has 0 amide bonds. The number of pyridine rings is 1. The molecule has 0 aliphatic carbocycles. The van der Waals surface area contributed by atoms with Crippen molar-refractivity contribution in [2.45, 2.75) is 53.4 Å². The summed E-state index contributed by atoms with van der Waals surface area (Å²) in [4.78, 5) is 18.4. The van der Waals surface area contributed by atoms with Crippen molar-refractivity contribution in [1.29, 1.82) is 0 Å². The molecule has 0 saturated heterocycles. The van der Waals surface area contributed by atoms with E-state index in [1.165, 1.54) is 17.7 Å². The first kappa shape index (κ1) is 25.7. The second-order valence-electron chi connectivity index (χ2n) is 9.62. The number of aromatic nitrogens is 5. The van der Waals surface area contributed by atoms with Crippen LogP contribution in [0.3, 0.4) is 0 Å². The lowest BCUT2D eigenvalue weighted by Crippen LogP contribution is -2.35. The molecule has 2 aromatic carbocycles. The van der Waals surface area contributed by atoms with Crippen molar-refractivity contribution in [3.8, 4) is 0 Å². The van der Waals surface area contributed by atoms with Gasteiger partial charge in [-0.15, -0.1) is 5.10 Å². The molecule has 2 heterocycles. The van der Waals surface area contributed by atoms with Crippen molar-refractivity contribution in [3.63, 3.8) is 0 Å². The fraction of sp³-hybridized carbons (Fsp3) is 0.407. The van der Waals surface area contributed by atoms with Crippen molar-refractivity contribution < 1.29 is 9.13 Å². The summed E-state index contributed by atoms with van der Waals surface area (Å²) < 4.78 is 20.6. The second-order valence-corrected chi connectivity index (χ2v) is 9.62. The van der Waals surface area contributed by atoms with E-state index in [0.29, 0.717) is 37.6 Å². The summed E-state index contributed by atoms with van der Waals surface area (Å²) in [5.74, 6) is 0.542. The van der Waals surface area contributed by atoms with Gasteiger partial charge in [-0.05, 0) is 82.6 Å². The number of tetrazole rings is 1. The Bertz CT molecular complexity index is 1380. The van der Waals surface area contributed by atoms with Gasteiger partial charge in [0.25, 0.3) is 5.56 Å². The maximum Gasteiger partial charge on any atom is 0.252 e. The van der Waals surface area contributed by atoms with E-state index in [9.17, 15) is 9.18 Å². The first-order valence-corrected chi connectivity index (χ1v) is 12.1. The predicted octanol–water partition coefficient (Wildman–Crippen LogP) is 4.32. The summed E-state index contributed by atoms with van der Waals surface area (Å²) in [6.07, 6.45) is 0. The second kappa shape index (κ2) is 11.1. The molecule has 9 heteroatoms. The van der Waals surface area contributed by atoms with E-state index in [1.54, 1.807) is 23.9 Å². The Morgan fingerprint density at radius 2 is 1.81 bits per heavy atom. The first-order chi connectivity index (χ1) is 17.3. The van der Waals surface area contributed by atoms with Gasteiger partial charge in [0.05, 0.1) is 19.2 Å². The largest absolute Gasteiger partial charge is 0.383 e. The normalized spacial score (nSPS) is 12.7. The molecular weight excluding hydrogens is 459 g/mol. The first-order valence-electron chi connectivity index (χ1n) is 12.1. The Hall–Kier alpha value is -3.43. The molecule has 4 rings (SSSR count). The molecule has 0 radical (unpaired) electrons. The zero-order chi connectivity index (χ0) is 25.8. The minimum Gasteiger partial charge on any atom is -0.383 e. The van der Waals surface area contributed by atoms with Gasteiger partial charge < -0.3 is 9.72 Å². The van der Waals surface area contributed by atoms with Gasteiger partial charge in [-0.2, -0.15) is 0 Å². The van der Waals surface area contributed by atoms with Gasteiger partial charge in [0.2, 0.25) is 0 Å². The van der Waals surface area contributed by atoms with Gasteiger partial charge in [-0.25, -0.2) is 9.07 Å². The molecule has 0 bridgehead atoms. The summed E-state index contributed by atoms with van der Waals surface area (Å²) in [5, 5.41) is 13.4. The number of aromatic amines is 1. The number of nitrogens with one attached hydrogen (secondary N) is 1. The third-order valence-corrected chi connectivity index (χ3v) is 6.56. The Morgan fingerprint density at radius 1 is 1.08 bits per heavy atom. The van der Waals surface area contributed by atoms with Crippen molar-refractivity contribution >= 4 is 10.9 Å². The van der Waals surface area contributed by atoms with Crippen molar-refractivity contribution in [1.82, 2.24) is 30.1 Å². The van der Waals surface area contributed by atoms with Crippen LogP contribution in [0.15, 0.2) is 47.3 Å². The number of hydrogen-bond acceptors (Lipinski definition) is 6. The van der Waals surface area contributed by atoms with Crippen LogP contribution in [0.5, 0.6) is 0 Å². The quantitative estimate of drug-likeness (QED) is 0.355. The molecule has 190 valence electrons. The van der Waals surface area contributed by atoms with Crippen LogP contribution in [-0.4, -0.2) is 43.8 Å². The highest BCUT2D eigenvalue weighted by Gasteiger charge is 2.30. The highest BCUT2D eigenvalue weighted by Crippen LogP contribution is 2.30. The summed E-state index contributed by atoms with van der Waals surface area (Å²) in [5.41, 5.74) is 4.57. The monoisotopic (exact) mass is 492 g/mol.